The van der Waals surface area contributed by atoms with Gasteiger partial charge in [0, 0.05) is 26.2 Å². The Balaban J connectivity index is 1.29. The van der Waals surface area contributed by atoms with E-state index in [-0.39, 0.29) is 37.4 Å². The summed E-state index contributed by atoms with van der Waals surface area (Å²) in [7, 11) is 1.62. The minimum atomic E-state index is -0.710. The van der Waals surface area contributed by atoms with E-state index >= 15 is 0 Å². The molecule has 0 radical (unpaired) electrons. The van der Waals surface area contributed by atoms with Gasteiger partial charge in [-0.05, 0) is 37.1 Å². The molecule has 0 N–H and O–H groups in total. The number of esters is 1. The van der Waals surface area contributed by atoms with E-state index in [0.717, 1.165) is 16.9 Å². The summed E-state index contributed by atoms with van der Waals surface area (Å²) in [5.74, 6) is 0.499. The summed E-state index contributed by atoms with van der Waals surface area (Å²) < 4.78 is 22.3. The molecule has 35 heavy (non-hydrogen) atoms. The molecule has 2 saturated heterocycles. The first-order valence-corrected chi connectivity index (χ1v) is 12.0. The van der Waals surface area contributed by atoms with Crippen molar-refractivity contribution in [3.8, 4) is 5.75 Å². The molecule has 0 aliphatic carbocycles. The monoisotopic (exact) mass is 482 g/mol. The van der Waals surface area contributed by atoms with Gasteiger partial charge in [0.1, 0.15) is 19.0 Å². The Morgan fingerprint density at radius 1 is 0.971 bits per heavy atom. The van der Waals surface area contributed by atoms with Crippen molar-refractivity contribution in [1.29, 1.82) is 0 Å². The molecule has 1 amide bonds. The van der Waals surface area contributed by atoms with Crippen LogP contribution in [0.1, 0.15) is 25.0 Å². The number of morpholine rings is 1. The molecular weight excluding hydrogens is 448 g/mol. The lowest BCUT2D eigenvalue weighted by molar-refractivity contribution is -0.156. The lowest BCUT2D eigenvalue weighted by Gasteiger charge is -2.36. The van der Waals surface area contributed by atoms with Crippen molar-refractivity contribution in [1.82, 2.24) is 9.80 Å². The zero-order chi connectivity index (χ0) is 24.8. The number of ether oxygens (including phenoxy) is 4. The zero-order valence-electron chi connectivity index (χ0n) is 20.6. The quantitative estimate of drug-likeness (QED) is 0.533. The Labute approximate surface area is 206 Å². The summed E-state index contributed by atoms with van der Waals surface area (Å²) in [4.78, 5) is 29.6. The third-order valence-electron chi connectivity index (χ3n) is 6.52. The third kappa shape index (κ3) is 6.32. The molecule has 0 spiro atoms. The molecule has 2 aliphatic heterocycles. The fourth-order valence-corrected chi connectivity index (χ4v) is 4.61. The largest absolute Gasteiger partial charge is 0.497 e. The van der Waals surface area contributed by atoms with Gasteiger partial charge >= 0.3 is 12.1 Å². The van der Waals surface area contributed by atoms with Crippen molar-refractivity contribution in [2.24, 2.45) is 5.41 Å². The molecule has 4 rings (SSSR count). The van der Waals surface area contributed by atoms with Crippen LogP contribution in [-0.4, -0.2) is 73.9 Å². The number of methoxy groups -OCH3 is 1. The highest BCUT2D eigenvalue weighted by molar-refractivity contribution is 5.76. The normalized spacial score (nSPS) is 20.3. The number of carbonyl (C=O) groups is 2. The number of hydrogen-bond donors (Lipinski definition) is 0. The van der Waals surface area contributed by atoms with Crippen LogP contribution in [0.2, 0.25) is 0 Å². The van der Waals surface area contributed by atoms with Crippen molar-refractivity contribution >= 4 is 12.1 Å². The number of carbonyl (C=O) groups excluding carboxylic acids is 2. The van der Waals surface area contributed by atoms with Gasteiger partial charge in [0.05, 0.1) is 31.3 Å². The van der Waals surface area contributed by atoms with Gasteiger partial charge in [-0.25, -0.2) is 4.79 Å². The van der Waals surface area contributed by atoms with E-state index in [1.54, 1.807) is 12.0 Å². The minimum Gasteiger partial charge on any atom is -0.497 e. The SMILES string of the molecule is COc1ccc(COC(=O)C(C)(C)CN2CC3OCCN(C(=O)OCc4ccccc4)C3C2)cc1. The Bertz CT molecular complexity index is 994. The third-order valence-corrected chi connectivity index (χ3v) is 6.52. The van der Waals surface area contributed by atoms with E-state index in [9.17, 15) is 9.59 Å². The van der Waals surface area contributed by atoms with Gasteiger partial charge < -0.3 is 18.9 Å². The van der Waals surface area contributed by atoms with Crippen molar-refractivity contribution in [3.05, 3.63) is 65.7 Å². The Hall–Kier alpha value is -3.10. The zero-order valence-corrected chi connectivity index (χ0v) is 20.6. The van der Waals surface area contributed by atoms with Crippen LogP contribution in [0.4, 0.5) is 4.79 Å². The average molecular weight is 483 g/mol. The van der Waals surface area contributed by atoms with Crippen LogP contribution in [0.15, 0.2) is 54.6 Å². The second kappa shape index (κ2) is 11.1. The van der Waals surface area contributed by atoms with Gasteiger partial charge in [-0.2, -0.15) is 0 Å². The maximum absolute atomic E-state index is 12.9. The predicted molar refractivity (Wildman–Crippen MR) is 130 cm³/mol. The standard InChI is InChI=1S/C27H34N2O6/c1-27(2,25(30)34-17-21-9-11-22(32-3)12-10-21)19-28-15-23-24(16-28)33-14-13-29(23)26(31)35-18-20-7-5-4-6-8-20/h4-12,23-24H,13-19H2,1-3H3. The van der Waals surface area contributed by atoms with Crippen molar-refractivity contribution in [3.63, 3.8) is 0 Å². The average Bonchev–Trinajstić information content (AvgIpc) is 3.28. The molecule has 2 aliphatic rings. The van der Waals surface area contributed by atoms with Crippen molar-refractivity contribution < 1.29 is 28.5 Å². The molecule has 188 valence electrons. The Morgan fingerprint density at radius 3 is 2.37 bits per heavy atom. The molecule has 2 heterocycles. The minimum absolute atomic E-state index is 0.0980. The molecular formula is C27H34N2O6. The number of nitrogens with zero attached hydrogens (tertiary/aromatic N) is 2. The maximum Gasteiger partial charge on any atom is 0.410 e. The van der Waals surface area contributed by atoms with Crippen LogP contribution in [0.25, 0.3) is 0 Å². The van der Waals surface area contributed by atoms with Crippen LogP contribution >= 0.6 is 0 Å². The number of fused-ring (bicyclic) bond motifs is 1. The van der Waals surface area contributed by atoms with E-state index in [2.05, 4.69) is 4.90 Å². The van der Waals surface area contributed by atoms with Gasteiger partial charge in [-0.15, -0.1) is 0 Å². The molecule has 0 bridgehead atoms. The van der Waals surface area contributed by atoms with E-state index in [1.807, 2.05) is 68.4 Å². The Morgan fingerprint density at radius 2 is 1.66 bits per heavy atom. The van der Waals surface area contributed by atoms with Crippen molar-refractivity contribution in [2.45, 2.75) is 39.2 Å². The molecule has 0 saturated carbocycles. The molecule has 2 unspecified atom stereocenters. The van der Waals surface area contributed by atoms with E-state index < -0.39 is 5.41 Å². The van der Waals surface area contributed by atoms with Crippen LogP contribution in [-0.2, 0) is 32.2 Å². The van der Waals surface area contributed by atoms with Crippen LogP contribution in [0.5, 0.6) is 5.75 Å². The predicted octanol–water partition coefficient (Wildman–Crippen LogP) is 3.49. The summed E-state index contributed by atoms with van der Waals surface area (Å²) in [6.45, 7) is 6.99. The van der Waals surface area contributed by atoms with E-state index in [1.165, 1.54) is 0 Å². The summed E-state index contributed by atoms with van der Waals surface area (Å²) in [6, 6.07) is 17.0. The first-order chi connectivity index (χ1) is 16.9. The van der Waals surface area contributed by atoms with Gasteiger partial charge in [0.25, 0.3) is 0 Å². The van der Waals surface area contributed by atoms with Gasteiger partial charge in [0.15, 0.2) is 0 Å². The number of likely N-dealkylation sites (tertiary alicyclic amines) is 1. The fraction of sp³-hybridized carbons (Fsp3) is 0.481. The highest BCUT2D eigenvalue weighted by Gasteiger charge is 2.45. The lowest BCUT2D eigenvalue weighted by Crippen LogP contribution is -2.53. The smallest absolute Gasteiger partial charge is 0.410 e. The maximum atomic E-state index is 12.9. The lowest BCUT2D eigenvalue weighted by atomic mass is 9.93. The molecule has 0 aromatic heterocycles. The number of amides is 1. The van der Waals surface area contributed by atoms with Gasteiger partial charge in [0.2, 0.25) is 0 Å². The van der Waals surface area contributed by atoms with E-state index in [4.69, 9.17) is 18.9 Å². The second-order valence-electron chi connectivity index (χ2n) is 9.71. The topological polar surface area (TPSA) is 77.5 Å². The van der Waals surface area contributed by atoms with Gasteiger partial charge in [-0.1, -0.05) is 42.5 Å². The summed E-state index contributed by atoms with van der Waals surface area (Å²) >= 11 is 0. The number of benzene rings is 2. The Kier molecular flexibility index (Phi) is 7.93. The number of hydrogen-bond acceptors (Lipinski definition) is 7. The first kappa shape index (κ1) is 25.0. The molecule has 2 atom stereocenters. The van der Waals surface area contributed by atoms with Crippen LogP contribution < -0.4 is 4.74 Å². The fourth-order valence-electron chi connectivity index (χ4n) is 4.61. The van der Waals surface area contributed by atoms with Gasteiger partial charge in [-0.3, -0.25) is 14.6 Å². The van der Waals surface area contributed by atoms with E-state index in [0.29, 0.717) is 32.8 Å². The summed E-state index contributed by atoms with van der Waals surface area (Å²) in [5, 5.41) is 0. The molecule has 2 fully saturated rings. The summed E-state index contributed by atoms with van der Waals surface area (Å²) in [6.07, 6.45) is -0.425. The van der Waals surface area contributed by atoms with Crippen LogP contribution in [0, 0.1) is 5.41 Å². The highest BCUT2D eigenvalue weighted by Crippen LogP contribution is 2.28. The van der Waals surface area contributed by atoms with Crippen LogP contribution in [0.3, 0.4) is 0 Å². The molecule has 8 heteroatoms. The molecule has 2 aromatic rings. The summed E-state index contributed by atoms with van der Waals surface area (Å²) in [5.41, 5.74) is 1.15. The first-order valence-electron chi connectivity index (χ1n) is 12.0. The molecule has 2 aromatic carbocycles. The molecule has 8 nitrogen and oxygen atoms in total. The highest BCUT2D eigenvalue weighted by atomic mass is 16.6. The number of rotatable bonds is 8. The second-order valence-corrected chi connectivity index (χ2v) is 9.71. The van der Waals surface area contributed by atoms with Crippen molar-refractivity contribution in [2.75, 3.05) is 39.9 Å².